The molecule has 80 valence electrons. The molecule has 0 amide bonds. The maximum atomic E-state index is 13.7. The molecule has 3 heteroatoms. The fourth-order valence-corrected chi connectivity index (χ4v) is 3.10. The molecule has 0 spiro atoms. The lowest BCUT2D eigenvalue weighted by Gasteiger charge is -2.28. The Morgan fingerprint density at radius 3 is 2.87 bits per heavy atom. The van der Waals surface area contributed by atoms with Crippen molar-refractivity contribution in [2.75, 3.05) is 6.54 Å². The van der Waals surface area contributed by atoms with Crippen molar-refractivity contribution < 1.29 is 4.39 Å². The summed E-state index contributed by atoms with van der Waals surface area (Å²) in [6, 6.07) is 3.77. The SMILES string of the molecule is Fc1ccc(Br)c2c1CCNC2C1CC1. The number of fused-ring (bicyclic) bond motifs is 1. The van der Waals surface area contributed by atoms with Crippen LogP contribution in [-0.4, -0.2) is 6.54 Å². The van der Waals surface area contributed by atoms with Gasteiger partial charge in [-0.1, -0.05) is 15.9 Å². The lowest BCUT2D eigenvalue weighted by Crippen LogP contribution is -2.32. The van der Waals surface area contributed by atoms with E-state index >= 15 is 0 Å². The Morgan fingerprint density at radius 1 is 1.33 bits per heavy atom. The van der Waals surface area contributed by atoms with Crippen LogP contribution in [0.5, 0.6) is 0 Å². The van der Waals surface area contributed by atoms with Crippen LogP contribution in [0.4, 0.5) is 4.39 Å². The van der Waals surface area contributed by atoms with Crippen LogP contribution in [0, 0.1) is 11.7 Å². The van der Waals surface area contributed by atoms with E-state index in [1.54, 1.807) is 6.07 Å². The fraction of sp³-hybridized carbons (Fsp3) is 0.500. The van der Waals surface area contributed by atoms with Crippen molar-refractivity contribution in [1.82, 2.24) is 5.32 Å². The Labute approximate surface area is 97.2 Å². The summed E-state index contributed by atoms with van der Waals surface area (Å²) in [6.07, 6.45) is 3.37. The summed E-state index contributed by atoms with van der Waals surface area (Å²) in [5, 5.41) is 3.51. The van der Waals surface area contributed by atoms with Crippen LogP contribution in [0.2, 0.25) is 0 Å². The largest absolute Gasteiger partial charge is 0.309 e. The molecule has 0 saturated heterocycles. The number of benzene rings is 1. The van der Waals surface area contributed by atoms with Crippen molar-refractivity contribution in [2.24, 2.45) is 5.92 Å². The summed E-state index contributed by atoms with van der Waals surface area (Å²) in [5.41, 5.74) is 2.09. The third kappa shape index (κ3) is 1.62. The van der Waals surface area contributed by atoms with Crippen molar-refractivity contribution in [3.63, 3.8) is 0 Å². The topological polar surface area (TPSA) is 12.0 Å². The summed E-state index contributed by atoms with van der Waals surface area (Å²) >= 11 is 3.55. The van der Waals surface area contributed by atoms with Crippen LogP contribution in [-0.2, 0) is 6.42 Å². The minimum atomic E-state index is -0.0413. The van der Waals surface area contributed by atoms with Gasteiger partial charge in [-0.15, -0.1) is 0 Å². The van der Waals surface area contributed by atoms with Crippen molar-refractivity contribution in [2.45, 2.75) is 25.3 Å². The van der Waals surface area contributed by atoms with E-state index < -0.39 is 0 Å². The Hall–Kier alpha value is -0.410. The molecule has 1 aliphatic heterocycles. The van der Waals surface area contributed by atoms with E-state index in [0.717, 1.165) is 28.9 Å². The number of nitrogens with one attached hydrogen (secondary N) is 1. The minimum Gasteiger partial charge on any atom is -0.309 e. The molecular formula is C12H13BrFN. The first-order chi connectivity index (χ1) is 7.27. The monoisotopic (exact) mass is 269 g/mol. The summed E-state index contributed by atoms with van der Waals surface area (Å²) in [5.74, 6) is 0.683. The number of rotatable bonds is 1. The zero-order chi connectivity index (χ0) is 10.4. The molecule has 0 radical (unpaired) electrons. The Kier molecular flexibility index (Phi) is 2.33. The predicted octanol–water partition coefficient (Wildman–Crippen LogP) is 3.19. The maximum Gasteiger partial charge on any atom is 0.126 e. The van der Waals surface area contributed by atoms with Gasteiger partial charge in [-0.05, 0) is 55.0 Å². The third-order valence-electron chi connectivity index (χ3n) is 3.39. The number of hydrogen-bond donors (Lipinski definition) is 1. The molecule has 1 N–H and O–H groups in total. The molecule has 1 atom stereocenters. The van der Waals surface area contributed by atoms with Gasteiger partial charge in [-0.25, -0.2) is 4.39 Å². The molecule has 1 nitrogen and oxygen atoms in total. The van der Waals surface area contributed by atoms with Crippen molar-refractivity contribution >= 4 is 15.9 Å². The molecule has 1 fully saturated rings. The Morgan fingerprint density at radius 2 is 2.13 bits per heavy atom. The third-order valence-corrected chi connectivity index (χ3v) is 4.08. The minimum absolute atomic E-state index is 0.0413. The molecule has 3 rings (SSSR count). The molecule has 1 aromatic rings. The lowest BCUT2D eigenvalue weighted by molar-refractivity contribution is 0.444. The molecule has 2 aliphatic rings. The first kappa shape index (κ1) is 9.79. The van der Waals surface area contributed by atoms with Gasteiger partial charge in [0.1, 0.15) is 5.82 Å². The molecule has 1 aliphatic carbocycles. The van der Waals surface area contributed by atoms with Crippen LogP contribution in [0.3, 0.4) is 0 Å². The molecule has 15 heavy (non-hydrogen) atoms. The molecule has 0 bridgehead atoms. The molecule has 1 unspecified atom stereocenters. The van der Waals surface area contributed by atoms with E-state index in [-0.39, 0.29) is 5.82 Å². The van der Waals surface area contributed by atoms with Crippen LogP contribution >= 0.6 is 15.9 Å². The van der Waals surface area contributed by atoms with Crippen molar-refractivity contribution in [3.05, 3.63) is 33.5 Å². The predicted molar refractivity (Wildman–Crippen MR) is 61.3 cm³/mol. The maximum absolute atomic E-state index is 13.7. The smallest absolute Gasteiger partial charge is 0.126 e. The average molecular weight is 270 g/mol. The van der Waals surface area contributed by atoms with E-state index in [2.05, 4.69) is 21.2 Å². The second-order valence-corrected chi connectivity index (χ2v) is 5.29. The van der Waals surface area contributed by atoms with E-state index in [1.807, 2.05) is 6.07 Å². The van der Waals surface area contributed by atoms with Crippen LogP contribution < -0.4 is 5.32 Å². The number of hydrogen-bond acceptors (Lipinski definition) is 1. The molecule has 0 aromatic heterocycles. The summed E-state index contributed by atoms with van der Waals surface area (Å²) < 4.78 is 14.7. The zero-order valence-corrected chi connectivity index (χ0v) is 9.98. The van der Waals surface area contributed by atoms with Gasteiger partial charge in [0.05, 0.1) is 0 Å². The van der Waals surface area contributed by atoms with E-state index in [4.69, 9.17) is 0 Å². The van der Waals surface area contributed by atoms with Gasteiger partial charge < -0.3 is 5.32 Å². The molecule has 1 aromatic carbocycles. The van der Waals surface area contributed by atoms with E-state index in [1.165, 1.54) is 18.4 Å². The van der Waals surface area contributed by atoms with E-state index in [0.29, 0.717) is 6.04 Å². The molecule has 1 saturated carbocycles. The zero-order valence-electron chi connectivity index (χ0n) is 8.39. The average Bonchev–Trinajstić information content (AvgIpc) is 3.07. The Bertz CT molecular complexity index is 401. The highest BCUT2D eigenvalue weighted by Gasteiger charge is 2.36. The molecular weight excluding hydrogens is 257 g/mol. The van der Waals surface area contributed by atoms with Crippen LogP contribution in [0.25, 0.3) is 0 Å². The number of halogens is 2. The van der Waals surface area contributed by atoms with Gasteiger partial charge in [0.25, 0.3) is 0 Å². The quantitative estimate of drug-likeness (QED) is 0.826. The van der Waals surface area contributed by atoms with Gasteiger partial charge in [-0.3, -0.25) is 0 Å². The lowest BCUT2D eigenvalue weighted by atomic mass is 9.91. The van der Waals surface area contributed by atoms with Gasteiger partial charge in [0.2, 0.25) is 0 Å². The standard InChI is InChI=1S/C12H13BrFN/c13-9-3-4-10(14)8-5-6-15-12(11(8)9)7-1-2-7/h3-4,7,12,15H,1-2,5-6H2. The van der Waals surface area contributed by atoms with Crippen LogP contribution in [0.1, 0.15) is 30.0 Å². The second kappa shape index (κ2) is 3.56. The summed E-state index contributed by atoms with van der Waals surface area (Å²) in [7, 11) is 0. The van der Waals surface area contributed by atoms with Crippen molar-refractivity contribution in [1.29, 1.82) is 0 Å². The van der Waals surface area contributed by atoms with Gasteiger partial charge in [-0.2, -0.15) is 0 Å². The highest BCUT2D eigenvalue weighted by Crippen LogP contribution is 2.45. The summed E-state index contributed by atoms with van der Waals surface area (Å²) in [6.45, 7) is 0.904. The van der Waals surface area contributed by atoms with Gasteiger partial charge >= 0.3 is 0 Å². The normalized spacial score (nSPS) is 25.1. The van der Waals surface area contributed by atoms with E-state index in [9.17, 15) is 4.39 Å². The van der Waals surface area contributed by atoms with Crippen molar-refractivity contribution in [3.8, 4) is 0 Å². The van der Waals surface area contributed by atoms with Gasteiger partial charge in [0, 0.05) is 10.5 Å². The Balaban J connectivity index is 2.11. The first-order valence-electron chi connectivity index (χ1n) is 5.47. The summed E-state index contributed by atoms with van der Waals surface area (Å²) in [4.78, 5) is 0. The van der Waals surface area contributed by atoms with Crippen LogP contribution in [0.15, 0.2) is 16.6 Å². The first-order valence-corrected chi connectivity index (χ1v) is 6.27. The second-order valence-electron chi connectivity index (χ2n) is 4.44. The fourth-order valence-electron chi connectivity index (χ4n) is 2.49. The van der Waals surface area contributed by atoms with Gasteiger partial charge in [0.15, 0.2) is 0 Å². The molecule has 1 heterocycles. The highest BCUT2D eigenvalue weighted by atomic mass is 79.9. The highest BCUT2D eigenvalue weighted by molar-refractivity contribution is 9.10.